The molecule has 1 aromatic rings. The van der Waals surface area contributed by atoms with E-state index in [9.17, 15) is 19.2 Å². The van der Waals surface area contributed by atoms with Gasteiger partial charge in [-0.05, 0) is 50.5 Å². The Hall–Kier alpha value is -3.10. The summed E-state index contributed by atoms with van der Waals surface area (Å²) in [6.07, 6.45) is 0.192. The van der Waals surface area contributed by atoms with Crippen LogP contribution in [-0.4, -0.2) is 55.2 Å². The number of carbonyl (C=O) groups is 4. The number of alkyl carbamates (subject to hydrolysis) is 1. The molecule has 1 heterocycles. The fraction of sp³-hybridized carbons (Fsp3) is 0.524. The van der Waals surface area contributed by atoms with Crippen LogP contribution in [0.2, 0.25) is 0 Å². The zero-order chi connectivity index (χ0) is 22.5. The smallest absolute Gasteiger partial charge is 0.407 e. The Morgan fingerprint density at radius 2 is 1.47 bits per heavy atom. The number of hydrogen-bond donors (Lipinski definition) is 1. The lowest BCUT2D eigenvalue weighted by molar-refractivity contribution is -0.131. The van der Waals surface area contributed by atoms with Crippen molar-refractivity contribution < 1.29 is 33.4 Å². The number of fused-ring (bicyclic) bond motifs is 1. The molecule has 1 aliphatic heterocycles. The fourth-order valence-electron chi connectivity index (χ4n) is 3.09. The van der Waals surface area contributed by atoms with Gasteiger partial charge in [-0.2, -0.15) is 0 Å². The second-order valence-electron chi connectivity index (χ2n) is 7.93. The number of rotatable bonds is 6. The first kappa shape index (κ1) is 23.2. The van der Waals surface area contributed by atoms with E-state index >= 15 is 0 Å². The van der Waals surface area contributed by atoms with Crippen LogP contribution in [0.4, 0.5) is 4.79 Å². The van der Waals surface area contributed by atoms with Crippen molar-refractivity contribution in [1.29, 1.82) is 0 Å². The van der Waals surface area contributed by atoms with Gasteiger partial charge < -0.3 is 24.4 Å². The fourth-order valence-corrected chi connectivity index (χ4v) is 3.09. The first-order valence-electron chi connectivity index (χ1n) is 9.62. The van der Waals surface area contributed by atoms with Gasteiger partial charge in [-0.3, -0.25) is 4.79 Å². The summed E-state index contributed by atoms with van der Waals surface area (Å²) in [6, 6.07) is 3.15. The largest absolute Gasteiger partial charge is 0.465 e. The molecule has 1 aliphatic rings. The van der Waals surface area contributed by atoms with Gasteiger partial charge in [0, 0.05) is 26.1 Å². The van der Waals surface area contributed by atoms with E-state index in [0.29, 0.717) is 26.1 Å². The van der Waals surface area contributed by atoms with Gasteiger partial charge in [0.25, 0.3) is 0 Å². The minimum absolute atomic E-state index is 0.0866. The van der Waals surface area contributed by atoms with Crippen molar-refractivity contribution in [3.8, 4) is 0 Å². The second kappa shape index (κ2) is 9.60. The van der Waals surface area contributed by atoms with Crippen LogP contribution in [0.5, 0.6) is 0 Å². The molecule has 0 unspecified atom stereocenters. The van der Waals surface area contributed by atoms with E-state index in [-0.39, 0.29) is 23.5 Å². The van der Waals surface area contributed by atoms with Gasteiger partial charge in [0.2, 0.25) is 5.91 Å². The van der Waals surface area contributed by atoms with Gasteiger partial charge in [0.15, 0.2) is 0 Å². The van der Waals surface area contributed by atoms with E-state index < -0.39 is 23.6 Å². The number of amides is 2. The lowest BCUT2D eigenvalue weighted by Gasteiger charge is -2.20. The topological polar surface area (TPSA) is 111 Å². The zero-order valence-corrected chi connectivity index (χ0v) is 18.0. The molecule has 30 heavy (non-hydrogen) atoms. The predicted octanol–water partition coefficient (Wildman–Crippen LogP) is 2.41. The quantitative estimate of drug-likeness (QED) is 0.427. The highest BCUT2D eigenvalue weighted by Gasteiger charge is 2.28. The molecule has 0 spiro atoms. The maximum atomic E-state index is 12.5. The lowest BCUT2D eigenvalue weighted by atomic mass is 10.00. The molecule has 164 valence electrons. The Kier molecular flexibility index (Phi) is 7.42. The molecule has 0 atom stereocenters. The molecule has 9 nitrogen and oxygen atoms in total. The van der Waals surface area contributed by atoms with Crippen molar-refractivity contribution in [2.75, 3.05) is 20.8 Å². The van der Waals surface area contributed by atoms with Crippen LogP contribution in [0.3, 0.4) is 0 Å². The van der Waals surface area contributed by atoms with E-state index in [0.717, 1.165) is 11.1 Å². The van der Waals surface area contributed by atoms with Crippen LogP contribution in [0.1, 0.15) is 65.5 Å². The molecule has 1 aromatic carbocycles. The second-order valence-corrected chi connectivity index (χ2v) is 7.93. The van der Waals surface area contributed by atoms with Gasteiger partial charge in [-0.25, -0.2) is 14.4 Å². The lowest BCUT2D eigenvalue weighted by Crippen LogP contribution is -2.33. The van der Waals surface area contributed by atoms with Crippen molar-refractivity contribution in [2.45, 2.75) is 52.3 Å². The molecule has 0 bridgehead atoms. The first-order chi connectivity index (χ1) is 14.1. The van der Waals surface area contributed by atoms with E-state index in [2.05, 4.69) is 5.32 Å². The summed E-state index contributed by atoms with van der Waals surface area (Å²) in [6.45, 7) is 6.31. The number of hydrogen-bond acceptors (Lipinski definition) is 7. The van der Waals surface area contributed by atoms with E-state index in [1.807, 2.05) is 0 Å². The van der Waals surface area contributed by atoms with Gasteiger partial charge >= 0.3 is 18.0 Å². The molecular formula is C21H28N2O7. The number of ether oxygens (including phenoxy) is 3. The summed E-state index contributed by atoms with van der Waals surface area (Å²) in [7, 11) is 2.47. The van der Waals surface area contributed by atoms with Gasteiger partial charge in [0.05, 0.1) is 25.3 Å². The molecule has 0 aliphatic carbocycles. The Balaban J connectivity index is 1.96. The highest BCUT2D eigenvalue weighted by molar-refractivity contribution is 6.03. The maximum absolute atomic E-state index is 12.5. The van der Waals surface area contributed by atoms with Crippen molar-refractivity contribution >= 4 is 23.9 Å². The Bertz CT molecular complexity index is 797. The maximum Gasteiger partial charge on any atom is 0.407 e. The third-order valence-electron chi connectivity index (χ3n) is 4.46. The summed E-state index contributed by atoms with van der Waals surface area (Å²) in [4.78, 5) is 49.9. The van der Waals surface area contributed by atoms with Crippen LogP contribution in [0.15, 0.2) is 12.1 Å². The number of nitrogens with one attached hydrogen (secondary N) is 1. The average Bonchev–Trinajstić information content (AvgIpc) is 3.10. The minimum atomic E-state index is -0.642. The number of methoxy groups -OCH3 is 2. The summed E-state index contributed by atoms with van der Waals surface area (Å²) >= 11 is 0. The number of nitrogens with zero attached hydrogens (tertiary/aromatic N) is 1. The molecule has 0 saturated carbocycles. The van der Waals surface area contributed by atoms with Gasteiger partial charge in [-0.15, -0.1) is 0 Å². The molecule has 0 radical (unpaired) electrons. The Labute approximate surface area is 175 Å². The normalized spacial score (nSPS) is 12.8. The third-order valence-corrected chi connectivity index (χ3v) is 4.46. The average molecular weight is 420 g/mol. The number of carbonyl (C=O) groups excluding carboxylic acids is 4. The van der Waals surface area contributed by atoms with Crippen LogP contribution in [-0.2, 0) is 32.1 Å². The summed E-state index contributed by atoms with van der Waals surface area (Å²) in [5.41, 5.74) is 1.21. The standard InChI is InChI=1S/C21H28N2O7/c1-21(2,3)30-20(27)22-8-6-7-17(24)23-11-13-9-15(18(25)28-4)16(19(26)29-5)10-14(13)12-23/h9-10H,6-8,11-12H2,1-5H3,(H,22,27). The van der Waals surface area contributed by atoms with Crippen molar-refractivity contribution in [3.63, 3.8) is 0 Å². The van der Waals surface area contributed by atoms with Gasteiger partial charge in [0.1, 0.15) is 5.60 Å². The third kappa shape index (κ3) is 5.95. The minimum Gasteiger partial charge on any atom is -0.465 e. The van der Waals surface area contributed by atoms with Gasteiger partial charge in [-0.1, -0.05) is 0 Å². The molecule has 2 rings (SSSR count). The van der Waals surface area contributed by atoms with Crippen LogP contribution >= 0.6 is 0 Å². The molecule has 9 heteroatoms. The molecule has 0 fully saturated rings. The summed E-state index contributed by atoms with van der Waals surface area (Å²) in [5, 5.41) is 2.62. The highest BCUT2D eigenvalue weighted by atomic mass is 16.6. The predicted molar refractivity (Wildman–Crippen MR) is 107 cm³/mol. The van der Waals surface area contributed by atoms with Crippen LogP contribution in [0, 0.1) is 0 Å². The summed E-state index contributed by atoms with van der Waals surface area (Å²) in [5.74, 6) is -1.37. The number of esters is 2. The first-order valence-corrected chi connectivity index (χ1v) is 9.62. The summed E-state index contributed by atoms with van der Waals surface area (Å²) < 4.78 is 14.6. The van der Waals surface area contributed by atoms with Crippen LogP contribution < -0.4 is 5.32 Å². The van der Waals surface area contributed by atoms with Crippen LogP contribution in [0.25, 0.3) is 0 Å². The van der Waals surface area contributed by atoms with Crippen molar-refractivity contribution in [3.05, 3.63) is 34.4 Å². The SMILES string of the molecule is COC(=O)c1cc2c(cc1C(=O)OC)CN(C(=O)CCCNC(=O)OC(C)(C)C)C2. The Morgan fingerprint density at radius 1 is 0.967 bits per heavy atom. The van der Waals surface area contributed by atoms with E-state index in [1.165, 1.54) is 14.2 Å². The van der Waals surface area contributed by atoms with Crippen molar-refractivity contribution in [1.82, 2.24) is 10.2 Å². The monoisotopic (exact) mass is 420 g/mol. The molecule has 0 saturated heterocycles. The zero-order valence-electron chi connectivity index (χ0n) is 18.0. The molecule has 0 aromatic heterocycles. The van der Waals surface area contributed by atoms with E-state index in [4.69, 9.17) is 14.2 Å². The molecule has 2 amide bonds. The molecular weight excluding hydrogens is 392 g/mol. The highest BCUT2D eigenvalue weighted by Crippen LogP contribution is 2.28. The Morgan fingerprint density at radius 3 is 1.90 bits per heavy atom. The van der Waals surface area contributed by atoms with E-state index in [1.54, 1.807) is 37.8 Å². The molecule has 1 N–H and O–H groups in total. The van der Waals surface area contributed by atoms with Crippen molar-refractivity contribution in [2.24, 2.45) is 0 Å². The number of benzene rings is 1.